The molecule has 0 saturated heterocycles. The summed E-state index contributed by atoms with van der Waals surface area (Å²) >= 11 is 1.88. The second kappa shape index (κ2) is 9.40. The van der Waals surface area contributed by atoms with E-state index >= 15 is 0 Å². The van der Waals surface area contributed by atoms with E-state index in [1.54, 1.807) is 0 Å². The van der Waals surface area contributed by atoms with Crippen molar-refractivity contribution < 1.29 is 0 Å². The summed E-state index contributed by atoms with van der Waals surface area (Å²) in [6.07, 6.45) is 0. The van der Waals surface area contributed by atoms with Gasteiger partial charge in [0.15, 0.2) is 0 Å². The van der Waals surface area contributed by atoms with Crippen molar-refractivity contribution in [3.63, 3.8) is 0 Å². The largest absolute Gasteiger partial charge is 0.383 e. The van der Waals surface area contributed by atoms with Crippen LogP contribution in [0.1, 0.15) is 36.1 Å². The van der Waals surface area contributed by atoms with Gasteiger partial charge in [0.25, 0.3) is 0 Å². The Morgan fingerprint density at radius 1 is 0.643 bits per heavy atom. The monoisotopic (exact) mass is 558 g/mol. The number of benzene rings is 6. The van der Waals surface area contributed by atoms with Crippen LogP contribution >= 0.6 is 11.3 Å². The fraction of sp³-hybridized carbons (Fsp3) is 0.103. The molecule has 1 aliphatic rings. The number of fused-ring (bicyclic) bond motifs is 8. The van der Waals surface area contributed by atoms with Gasteiger partial charge in [0.2, 0.25) is 0 Å². The number of amidine groups is 1. The fourth-order valence-electron chi connectivity index (χ4n) is 6.73. The van der Waals surface area contributed by atoms with Gasteiger partial charge in [-0.1, -0.05) is 129 Å². The molecule has 0 bridgehead atoms. The van der Waals surface area contributed by atoms with Crippen molar-refractivity contribution in [1.29, 1.82) is 0 Å². The van der Waals surface area contributed by atoms with Crippen LogP contribution in [0.3, 0.4) is 0 Å². The van der Waals surface area contributed by atoms with Crippen LogP contribution in [-0.4, -0.2) is 5.84 Å². The summed E-state index contributed by atoms with van der Waals surface area (Å²) in [5.74, 6) is 0.564. The van der Waals surface area contributed by atoms with Crippen LogP contribution in [0.2, 0.25) is 0 Å². The van der Waals surface area contributed by atoms with Crippen molar-refractivity contribution in [3.05, 3.63) is 144 Å². The molecule has 1 aliphatic carbocycles. The lowest BCUT2D eigenvalue weighted by molar-refractivity contribution is 0.659. The van der Waals surface area contributed by atoms with Gasteiger partial charge in [-0.15, -0.1) is 11.3 Å². The molecule has 2 N–H and O–H groups in total. The molecule has 0 spiro atoms. The van der Waals surface area contributed by atoms with E-state index < -0.39 is 0 Å². The summed E-state index contributed by atoms with van der Waals surface area (Å²) in [5.41, 5.74) is 16.4. The van der Waals surface area contributed by atoms with E-state index in [1.807, 2.05) is 11.3 Å². The number of thiophene rings is 1. The Bertz CT molecular complexity index is 2200. The van der Waals surface area contributed by atoms with E-state index in [-0.39, 0.29) is 5.41 Å². The van der Waals surface area contributed by atoms with E-state index in [0.717, 1.165) is 5.56 Å². The molecular formula is C39H30N2S. The average molecular weight is 559 g/mol. The number of nitrogens with zero attached hydrogens (tertiary/aromatic N) is 1. The molecular weight excluding hydrogens is 529 g/mol. The third kappa shape index (κ3) is 3.81. The third-order valence-electron chi connectivity index (χ3n) is 8.97. The smallest absolute Gasteiger partial charge is 0.125 e. The molecule has 0 radical (unpaired) electrons. The minimum atomic E-state index is -0.0165. The highest BCUT2D eigenvalue weighted by Gasteiger charge is 2.35. The van der Waals surface area contributed by atoms with E-state index in [4.69, 9.17) is 10.7 Å². The average Bonchev–Trinajstić information content (AvgIpc) is 3.52. The summed E-state index contributed by atoms with van der Waals surface area (Å²) in [6, 6.07) is 43.8. The number of hydrogen-bond donors (Lipinski definition) is 1. The van der Waals surface area contributed by atoms with E-state index in [2.05, 4.69) is 135 Å². The van der Waals surface area contributed by atoms with Gasteiger partial charge >= 0.3 is 0 Å². The molecule has 0 amide bonds. The lowest BCUT2D eigenvalue weighted by Gasteiger charge is -2.21. The van der Waals surface area contributed by atoms with Crippen LogP contribution < -0.4 is 5.73 Å². The number of hydrogen-bond acceptors (Lipinski definition) is 2. The van der Waals surface area contributed by atoms with E-state index in [9.17, 15) is 0 Å². The summed E-state index contributed by atoms with van der Waals surface area (Å²) in [4.78, 5) is 4.79. The highest BCUT2D eigenvalue weighted by Crippen LogP contribution is 2.48. The Morgan fingerprint density at radius 3 is 2.21 bits per heavy atom. The van der Waals surface area contributed by atoms with Gasteiger partial charge in [-0.05, 0) is 50.4 Å². The lowest BCUT2D eigenvalue weighted by atomic mass is 9.82. The zero-order chi connectivity index (χ0) is 28.4. The Balaban J connectivity index is 1.08. The Kier molecular flexibility index (Phi) is 5.60. The zero-order valence-corrected chi connectivity index (χ0v) is 24.5. The molecule has 2 nitrogen and oxygen atoms in total. The Labute approximate surface area is 249 Å². The predicted molar refractivity (Wildman–Crippen MR) is 181 cm³/mol. The summed E-state index contributed by atoms with van der Waals surface area (Å²) < 4.78 is 2.68. The molecule has 0 fully saturated rings. The maximum Gasteiger partial charge on any atom is 0.125 e. The molecule has 42 heavy (non-hydrogen) atoms. The van der Waals surface area contributed by atoms with Crippen molar-refractivity contribution in [2.45, 2.75) is 25.8 Å². The first-order valence-electron chi connectivity index (χ1n) is 14.5. The minimum Gasteiger partial charge on any atom is -0.383 e. The summed E-state index contributed by atoms with van der Waals surface area (Å²) in [5, 5.41) is 5.23. The summed E-state index contributed by atoms with van der Waals surface area (Å²) in [6.45, 7) is 5.17. The first kappa shape index (κ1) is 25.0. The van der Waals surface area contributed by atoms with Gasteiger partial charge in [0.1, 0.15) is 5.84 Å². The first-order valence-corrected chi connectivity index (χ1v) is 15.3. The van der Waals surface area contributed by atoms with E-state index in [0.29, 0.717) is 12.4 Å². The van der Waals surface area contributed by atoms with E-state index in [1.165, 1.54) is 69.9 Å². The highest BCUT2D eigenvalue weighted by atomic mass is 32.1. The maximum absolute atomic E-state index is 6.51. The molecule has 1 aromatic heterocycles. The lowest BCUT2D eigenvalue weighted by Crippen LogP contribution is -2.15. The molecule has 8 rings (SSSR count). The van der Waals surface area contributed by atoms with Gasteiger partial charge in [0, 0.05) is 36.5 Å². The van der Waals surface area contributed by atoms with Gasteiger partial charge in [-0.25, -0.2) is 0 Å². The Hall–Kier alpha value is -4.73. The second-order valence-electron chi connectivity index (χ2n) is 11.8. The quantitative estimate of drug-likeness (QED) is 0.169. The van der Waals surface area contributed by atoms with Gasteiger partial charge in [-0.2, -0.15) is 0 Å². The molecule has 0 unspecified atom stereocenters. The van der Waals surface area contributed by atoms with Gasteiger partial charge in [-0.3, -0.25) is 4.99 Å². The minimum absolute atomic E-state index is 0.0165. The molecule has 202 valence electrons. The topological polar surface area (TPSA) is 38.4 Å². The van der Waals surface area contributed by atoms with Crippen LogP contribution in [0, 0.1) is 0 Å². The number of aliphatic imine (C=N–C) groups is 1. The molecule has 3 heteroatoms. The van der Waals surface area contributed by atoms with Crippen molar-refractivity contribution in [2.24, 2.45) is 10.7 Å². The summed E-state index contributed by atoms with van der Waals surface area (Å²) in [7, 11) is 0. The zero-order valence-electron chi connectivity index (χ0n) is 23.7. The first-order chi connectivity index (χ1) is 20.5. The van der Waals surface area contributed by atoms with Crippen molar-refractivity contribution in [2.75, 3.05) is 0 Å². The molecule has 0 saturated carbocycles. The van der Waals surface area contributed by atoms with Crippen molar-refractivity contribution in [3.8, 4) is 22.3 Å². The van der Waals surface area contributed by atoms with Crippen molar-refractivity contribution >= 4 is 48.1 Å². The Morgan fingerprint density at radius 2 is 1.33 bits per heavy atom. The van der Waals surface area contributed by atoms with Crippen LogP contribution in [0.5, 0.6) is 0 Å². The molecule has 1 heterocycles. The number of rotatable bonds is 4. The second-order valence-corrected chi connectivity index (χ2v) is 12.8. The molecule has 0 aliphatic heterocycles. The number of nitrogens with two attached hydrogens (primary N) is 1. The third-order valence-corrected chi connectivity index (χ3v) is 10.2. The SMILES string of the molecule is CC1(C)c2ccccc2-c2ccc(CN=C(N)c3ccc(-c4cccc5c4ccc4c6ccccc6sc54)cc3)cc21. The fourth-order valence-corrected chi connectivity index (χ4v) is 7.96. The normalized spacial score (nSPS) is 14.0. The highest BCUT2D eigenvalue weighted by molar-refractivity contribution is 7.26. The molecule has 7 aromatic rings. The van der Waals surface area contributed by atoms with Crippen LogP contribution in [0.4, 0.5) is 0 Å². The van der Waals surface area contributed by atoms with Crippen LogP contribution in [0.15, 0.2) is 126 Å². The maximum atomic E-state index is 6.51. The standard InChI is InChI=1S/C39H30N2S/c1-39(2)34-12-5-3-8-29(34)30-19-14-24(22-35(30)39)23-41-38(40)26-17-15-25(16-18-26)27-10-7-11-32-28(27)20-21-33-31-9-4-6-13-36(31)42-37(32)33/h3-22H,23H2,1-2H3,(H2,40,41). The molecule has 0 atom stereocenters. The van der Waals surface area contributed by atoms with Gasteiger partial charge < -0.3 is 5.73 Å². The van der Waals surface area contributed by atoms with Crippen molar-refractivity contribution in [1.82, 2.24) is 0 Å². The predicted octanol–water partition coefficient (Wildman–Crippen LogP) is 10.1. The molecule has 6 aromatic carbocycles. The van der Waals surface area contributed by atoms with Gasteiger partial charge in [0.05, 0.1) is 6.54 Å². The van der Waals surface area contributed by atoms with Crippen LogP contribution in [-0.2, 0) is 12.0 Å². The van der Waals surface area contributed by atoms with Crippen LogP contribution in [0.25, 0.3) is 53.2 Å².